The van der Waals surface area contributed by atoms with Gasteiger partial charge in [0, 0.05) is 17.8 Å². The van der Waals surface area contributed by atoms with Gasteiger partial charge in [0.25, 0.3) is 0 Å². The van der Waals surface area contributed by atoms with Gasteiger partial charge < -0.3 is 5.11 Å². The molecule has 0 atom stereocenters. The predicted octanol–water partition coefficient (Wildman–Crippen LogP) is 2.67. The predicted molar refractivity (Wildman–Crippen MR) is 73.2 cm³/mol. The molecule has 3 rings (SSSR count). The van der Waals surface area contributed by atoms with E-state index in [0.717, 1.165) is 11.4 Å². The summed E-state index contributed by atoms with van der Waals surface area (Å²) in [5.41, 5.74) is 2.77. The minimum absolute atomic E-state index is 0.0478. The van der Waals surface area contributed by atoms with Gasteiger partial charge in [-0.1, -0.05) is 18.2 Å². The molecule has 0 unspecified atom stereocenters. The van der Waals surface area contributed by atoms with Crippen molar-refractivity contribution in [1.82, 2.24) is 14.6 Å². The van der Waals surface area contributed by atoms with Crippen LogP contribution in [0.1, 0.15) is 17.0 Å². The lowest BCUT2D eigenvalue weighted by Crippen LogP contribution is -2.00. The molecule has 0 spiro atoms. The monoisotopic (exact) mass is 271 g/mol. The number of aryl methyl sites for hydroxylation is 3. The Labute approximate surface area is 115 Å². The Morgan fingerprint density at radius 3 is 2.80 bits per heavy atom. The van der Waals surface area contributed by atoms with Crippen molar-refractivity contribution >= 4 is 5.65 Å². The molecule has 1 N–H and O–H groups in total. The number of fused-ring (bicyclic) bond motifs is 1. The first kappa shape index (κ1) is 12.6. The molecule has 3 aromatic rings. The summed E-state index contributed by atoms with van der Waals surface area (Å²) in [6.07, 6.45) is 1.11. The fourth-order valence-electron chi connectivity index (χ4n) is 2.22. The Hall–Kier alpha value is -2.43. The van der Waals surface area contributed by atoms with Crippen molar-refractivity contribution in [1.29, 1.82) is 0 Å². The van der Waals surface area contributed by atoms with Crippen molar-refractivity contribution < 1.29 is 9.50 Å². The summed E-state index contributed by atoms with van der Waals surface area (Å²) in [6, 6.07) is 10.1. The summed E-state index contributed by atoms with van der Waals surface area (Å²) >= 11 is 0. The fraction of sp³-hybridized carbons (Fsp3) is 0.200. The third-order valence-electron chi connectivity index (χ3n) is 3.19. The van der Waals surface area contributed by atoms with Crippen LogP contribution in [0.5, 0.6) is 5.88 Å². The van der Waals surface area contributed by atoms with Gasteiger partial charge in [-0.05, 0) is 31.4 Å². The highest BCUT2D eigenvalue weighted by atomic mass is 19.1. The van der Waals surface area contributed by atoms with Crippen LogP contribution in [0, 0.1) is 12.7 Å². The fourth-order valence-corrected chi connectivity index (χ4v) is 2.22. The molecule has 4 nitrogen and oxygen atoms in total. The van der Waals surface area contributed by atoms with Gasteiger partial charge in [-0.3, -0.25) is 0 Å². The molecule has 0 aliphatic carbocycles. The summed E-state index contributed by atoms with van der Waals surface area (Å²) in [4.78, 5) is 4.42. The first-order chi connectivity index (χ1) is 9.63. The second-order valence-electron chi connectivity index (χ2n) is 4.75. The molecule has 0 amide bonds. The minimum atomic E-state index is -0.210. The zero-order valence-electron chi connectivity index (χ0n) is 11.0. The molecule has 2 heterocycles. The Bertz CT molecular complexity index is 767. The highest BCUT2D eigenvalue weighted by molar-refractivity contribution is 5.43. The number of hydrogen-bond donors (Lipinski definition) is 1. The molecule has 102 valence electrons. The Balaban J connectivity index is 1.86. The molecule has 0 saturated carbocycles. The number of hydrogen-bond acceptors (Lipinski definition) is 3. The number of aromatic nitrogens is 3. The van der Waals surface area contributed by atoms with Gasteiger partial charge in [0.05, 0.1) is 5.69 Å². The zero-order chi connectivity index (χ0) is 14.1. The summed E-state index contributed by atoms with van der Waals surface area (Å²) in [5, 5.41) is 14.0. The Morgan fingerprint density at radius 1 is 1.20 bits per heavy atom. The van der Waals surface area contributed by atoms with Crippen molar-refractivity contribution in [3.63, 3.8) is 0 Å². The lowest BCUT2D eigenvalue weighted by Gasteiger charge is -2.04. The van der Waals surface area contributed by atoms with Gasteiger partial charge in [-0.2, -0.15) is 9.61 Å². The van der Waals surface area contributed by atoms with Gasteiger partial charge >= 0.3 is 0 Å². The molecule has 5 heteroatoms. The van der Waals surface area contributed by atoms with Crippen molar-refractivity contribution in [2.24, 2.45) is 0 Å². The van der Waals surface area contributed by atoms with E-state index in [9.17, 15) is 9.50 Å². The van der Waals surface area contributed by atoms with E-state index in [1.807, 2.05) is 13.0 Å². The third-order valence-corrected chi connectivity index (χ3v) is 3.19. The summed E-state index contributed by atoms with van der Waals surface area (Å²) in [5.74, 6) is -0.162. The number of aromatic hydroxyl groups is 1. The zero-order valence-corrected chi connectivity index (χ0v) is 11.0. The molecular weight excluding hydrogens is 257 g/mol. The largest absolute Gasteiger partial charge is 0.493 e. The smallest absolute Gasteiger partial charge is 0.215 e. The van der Waals surface area contributed by atoms with E-state index in [4.69, 9.17) is 0 Å². The molecule has 2 aromatic heterocycles. The molecule has 0 saturated heterocycles. The molecule has 1 aromatic carbocycles. The van der Waals surface area contributed by atoms with Crippen LogP contribution in [-0.4, -0.2) is 19.7 Å². The maximum absolute atomic E-state index is 13.5. The average Bonchev–Trinajstić information content (AvgIpc) is 2.79. The second-order valence-corrected chi connectivity index (χ2v) is 4.75. The van der Waals surface area contributed by atoms with Crippen LogP contribution in [0.25, 0.3) is 5.65 Å². The number of rotatable bonds is 3. The van der Waals surface area contributed by atoms with E-state index in [2.05, 4.69) is 10.1 Å². The molecule has 0 radical (unpaired) electrons. The van der Waals surface area contributed by atoms with E-state index >= 15 is 0 Å². The first-order valence-corrected chi connectivity index (χ1v) is 6.42. The van der Waals surface area contributed by atoms with Crippen LogP contribution in [0.3, 0.4) is 0 Å². The Kier molecular flexibility index (Phi) is 3.10. The second kappa shape index (κ2) is 4.92. The topological polar surface area (TPSA) is 50.4 Å². The van der Waals surface area contributed by atoms with Gasteiger partial charge in [-0.25, -0.2) is 9.37 Å². The maximum atomic E-state index is 13.5. The quantitative estimate of drug-likeness (QED) is 0.796. The molecular formula is C15H14FN3O. The molecule has 0 fully saturated rings. The van der Waals surface area contributed by atoms with Crippen LogP contribution < -0.4 is 0 Å². The SMILES string of the molecule is Cc1cc2nc(CCc3ccccc3F)cc(O)n2n1. The van der Waals surface area contributed by atoms with Gasteiger partial charge in [0.15, 0.2) is 5.65 Å². The van der Waals surface area contributed by atoms with E-state index in [1.165, 1.54) is 10.6 Å². The van der Waals surface area contributed by atoms with Gasteiger partial charge in [0.2, 0.25) is 5.88 Å². The number of benzene rings is 1. The van der Waals surface area contributed by atoms with Crippen molar-refractivity contribution in [3.05, 3.63) is 59.2 Å². The molecule has 0 aliphatic rings. The average molecular weight is 271 g/mol. The number of halogens is 1. The van der Waals surface area contributed by atoms with E-state index in [0.29, 0.717) is 24.1 Å². The molecule has 20 heavy (non-hydrogen) atoms. The normalized spacial score (nSPS) is 11.1. The van der Waals surface area contributed by atoms with E-state index in [1.54, 1.807) is 24.3 Å². The number of nitrogens with zero attached hydrogens (tertiary/aromatic N) is 3. The van der Waals surface area contributed by atoms with Gasteiger partial charge in [-0.15, -0.1) is 0 Å². The summed E-state index contributed by atoms with van der Waals surface area (Å²) in [7, 11) is 0. The molecule has 0 aliphatic heterocycles. The lowest BCUT2D eigenvalue weighted by atomic mass is 10.1. The first-order valence-electron chi connectivity index (χ1n) is 6.42. The standard InChI is InChI=1S/C15H14FN3O/c1-10-8-14-17-12(9-15(20)19(14)18-10)7-6-11-4-2-3-5-13(11)16/h2-5,8-9,20H,6-7H2,1H3. The van der Waals surface area contributed by atoms with Crippen LogP contribution >= 0.6 is 0 Å². The van der Waals surface area contributed by atoms with Crippen LogP contribution in [0.4, 0.5) is 4.39 Å². The van der Waals surface area contributed by atoms with Crippen molar-refractivity contribution in [2.75, 3.05) is 0 Å². The van der Waals surface area contributed by atoms with Gasteiger partial charge in [0.1, 0.15) is 5.82 Å². The van der Waals surface area contributed by atoms with Crippen LogP contribution in [-0.2, 0) is 12.8 Å². The minimum Gasteiger partial charge on any atom is -0.493 e. The van der Waals surface area contributed by atoms with Crippen molar-refractivity contribution in [3.8, 4) is 5.88 Å². The lowest BCUT2D eigenvalue weighted by molar-refractivity contribution is 0.433. The Morgan fingerprint density at radius 2 is 2.00 bits per heavy atom. The summed E-state index contributed by atoms with van der Waals surface area (Å²) in [6.45, 7) is 1.84. The van der Waals surface area contributed by atoms with Crippen LogP contribution in [0.2, 0.25) is 0 Å². The highest BCUT2D eigenvalue weighted by Gasteiger charge is 2.08. The third kappa shape index (κ3) is 2.34. The van der Waals surface area contributed by atoms with Crippen LogP contribution in [0.15, 0.2) is 36.4 Å². The maximum Gasteiger partial charge on any atom is 0.215 e. The van der Waals surface area contributed by atoms with E-state index < -0.39 is 0 Å². The highest BCUT2D eigenvalue weighted by Crippen LogP contribution is 2.16. The summed E-state index contributed by atoms with van der Waals surface area (Å²) < 4.78 is 14.9. The van der Waals surface area contributed by atoms with Crippen molar-refractivity contribution in [2.45, 2.75) is 19.8 Å². The van der Waals surface area contributed by atoms with E-state index in [-0.39, 0.29) is 11.7 Å². The molecule has 0 bridgehead atoms.